The molecule has 0 spiro atoms. The molecule has 0 aromatic heterocycles. The second-order valence-corrected chi connectivity index (χ2v) is 3.55. The van der Waals surface area contributed by atoms with Crippen LogP contribution in [0.4, 0.5) is 4.39 Å². The average molecular weight is 203 g/mol. The van der Waals surface area contributed by atoms with E-state index >= 15 is 0 Å². The Hall–Kier alpha value is -0.600. The van der Waals surface area contributed by atoms with E-state index < -0.39 is 5.82 Å². The number of aliphatic hydroxyl groups excluding tert-OH is 1. The van der Waals surface area contributed by atoms with Crippen LogP contribution in [0, 0.1) is 12.7 Å². The molecule has 1 unspecified atom stereocenters. The Morgan fingerprint density at radius 3 is 2.69 bits per heavy atom. The van der Waals surface area contributed by atoms with Crippen molar-refractivity contribution in [1.82, 2.24) is 0 Å². The van der Waals surface area contributed by atoms with Gasteiger partial charge in [0.2, 0.25) is 0 Å². The summed E-state index contributed by atoms with van der Waals surface area (Å²) in [5.41, 5.74) is 1.61. The first-order chi connectivity index (χ1) is 6.07. The summed E-state index contributed by atoms with van der Waals surface area (Å²) in [5.74, 6) is -0.550. The molecule has 3 heteroatoms. The molecule has 0 saturated carbocycles. The number of benzene rings is 1. The van der Waals surface area contributed by atoms with Gasteiger partial charge in [0.25, 0.3) is 0 Å². The summed E-state index contributed by atoms with van der Waals surface area (Å²) >= 11 is 5.79. The van der Waals surface area contributed by atoms with Crippen LogP contribution in [0.3, 0.4) is 0 Å². The number of hydrogen-bond donors (Lipinski definition) is 1. The molecule has 1 aromatic rings. The number of aliphatic hydroxyl groups is 1. The van der Waals surface area contributed by atoms with E-state index in [9.17, 15) is 4.39 Å². The Morgan fingerprint density at radius 2 is 2.15 bits per heavy atom. The van der Waals surface area contributed by atoms with Crippen molar-refractivity contribution < 1.29 is 9.50 Å². The van der Waals surface area contributed by atoms with Crippen molar-refractivity contribution in [3.05, 3.63) is 34.1 Å². The van der Waals surface area contributed by atoms with Gasteiger partial charge < -0.3 is 5.11 Å². The fourth-order valence-corrected chi connectivity index (χ4v) is 1.76. The minimum atomic E-state index is -0.428. The van der Waals surface area contributed by atoms with Crippen molar-refractivity contribution in [2.24, 2.45) is 0 Å². The van der Waals surface area contributed by atoms with Crippen molar-refractivity contribution in [1.29, 1.82) is 0 Å². The molecule has 0 aliphatic heterocycles. The highest BCUT2D eigenvalue weighted by molar-refractivity contribution is 6.31. The van der Waals surface area contributed by atoms with Gasteiger partial charge in [-0.3, -0.25) is 0 Å². The molecule has 0 amide bonds. The van der Waals surface area contributed by atoms with E-state index in [4.69, 9.17) is 16.7 Å². The van der Waals surface area contributed by atoms with Crippen molar-refractivity contribution in [2.45, 2.75) is 19.8 Å². The van der Waals surface area contributed by atoms with E-state index in [1.54, 1.807) is 6.07 Å². The van der Waals surface area contributed by atoms with Gasteiger partial charge >= 0.3 is 0 Å². The summed E-state index contributed by atoms with van der Waals surface area (Å²) < 4.78 is 13.0. The fourth-order valence-electron chi connectivity index (χ4n) is 1.36. The molecule has 13 heavy (non-hydrogen) atoms. The molecule has 0 saturated heterocycles. The predicted octanol–water partition coefficient (Wildman–Crippen LogP) is 2.88. The van der Waals surface area contributed by atoms with Crippen LogP contribution < -0.4 is 0 Å². The Bertz CT molecular complexity index is 312. The molecular formula is C10H12ClFO. The van der Waals surface area contributed by atoms with E-state index in [1.165, 1.54) is 6.07 Å². The lowest BCUT2D eigenvalue weighted by Crippen LogP contribution is -2.03. The lowest BCUT2D eigenvalue weighted by atomic mass is 9.97. The maximum atomic E-state index is 13.0. The van der Waals surface area contributed by atoms with E-state index in [0.29, 0.717) is 5.56 Å². The summed E-state index contributed by atoms with van der Waals surface area (Å²) in [5, 5.41) is 9.07. The molecule has 0 aliphatic rings. The quantitative estimate of drug-likeness (QED) is 0.782. The summed E-state index contributed by atoms with van der Waals surface area (Å²) in [4.78, 5) is 0. The third-order valence-corrected chi connectivity index (χ3v) is 2.50. The smallest absolute Gasteiger partial charge is 0.142 e. The molecule has 0 heterocycles. The Labute approximate surface area is 82.2 Å². The molecular weight excluding hydrogens is 191 g/mol. The maximum absolute atomic E-state index is 13.0. The number of rotatable bonds is 2. The number of halogens is 2. The molecule has 1 rings (SSSR count). The summed E-state index contributed by atoms with van der Waals surface area (Å²) in [7, 11) is 0. The van der Waals surface area contributed by atoms with Crippen LogP contribution in [-0.4, -0.2) is 11.7 Å². The first-order valence-corrected chi connectivity index (χ1v) is 4.51. The van der Waals surface area contributed by atoms with Gasteiger partial charge in [0.05, 0.1) is 5.02 Å². The number of aryl methyl sites for hydroxylation is 1. The summed E-state index contributed by atoms with van der Waals surface area (Å²) in [6, 6.07) is 3.01. The molecule has 1 nitrogen and oxygen atoms in total. The lowest BCUT2D eigenvalue weighted by molar-refractivity contribution is 0.272. The molecule has 1 N–H and O–H groups in total. The Balaban J connectivity index is 3.25. The number of hydrogen-bond acceptors (Lipinski definition) is 1. The van der Waals surface area contributed by atoms with Gasteiger partial charge in [0.1, 0.15) is 5.82 Å². The van der Waals surface area contributed by atoms with Crippen LogP contribution >= 0.6 is 11.6 Å². The van der Waals surface area contributed by atoms with Gasteiger partial charge in [0, 0.05) is 12.5 Å². The van der Waals surface area contributed by atoms with Gasteiger partial charge in [-0.15, -0.1) is 0 Å². The van der Waals surface area contributed by atoms with Crippen molar-refractivity contribution in [2.75, 3.05) is 6.61 Å². The summed E-state index contributed by atoms with van der Waals surface area (Å²) in [6.07, 6.45) is 0. The standard InChI is InChI=1S/C10H12ClFO/c1-6-3-4-8(12)10(11)9(6)7(2)5-13/h3-4,7,13H,5H2,1-2H3. The highest BCUT2D eigenvalue weighted by Gasteiger charge is 2.14. The molecule has 0 fully saturated rings. The largest absolute Gasteiger partial charge is 0.396 e. The first kappa shape index (κ1) is 10.5. The van der Waals surface area contributed by atoms with Gasteiger partial charge in [-0.25, -0.2) is 4.39 Å². The summed E-state index contributed by atoms with van der Waals surface area (Å²) in [6.45, 7) is 3.64. The van der Waals surface area contributed by atoms with Crippen molar-refractivity contribution >= 4 is 11.6 Å². The van der Waals surface area contributed by atoms with Crippen molar-refractivity contribution in [3.8, 4) is 0 Å². The minimum Gasteiger partial charge on any atom is -0.396 e. The second kappa shape index (κ2) is 4.07. The van der Waals surface area contributed by atoms with Crippen LogP contribution in [0.25, 0.3) is 0 Å². The van der Waals surface area contributed by atoms with E-state index in [-0.39, 0.29) is 17.5 Å². The van der Waals surface area contributed by atoms with E-state index in [1.807, 2.05) is 13.8 Å². The van der Waals surface area contributed by atoms with Gasteiger partial charge in [-0.1, -0.05) is 24.6 Å². The van der Waals surface area contributed by atoms with E-state index in [0.717, 1.165) is 5.56 Å². The Morgan fingerprint density at radius 1 is 1.54 bits per heavy atom. The second-order valence-electron chi connectivity index (χ2n) is 3.18. The zero-order valence-electron chi connectivity index (χ0n) is 7.64. The van der Waals surface area contributed by atoms with Crippen LogP contribution in [0.2, 0.25) is 5.02 Å². The van der Waals surface area contributed by atoms with Crippen LogP contribution in [-0.2, 0) is 0 Å². The molecule has 1 atom stereocenters. The normalized spacial score (nSPS) is 13.0. The Kier molecular flexibility index (Phi) is 3.28. The lowest BCUT2D eigenvalue weighted by Gasteiger charge is -2.14. The maximum Gasteiger partial charge on any atom is 0.142 e. The van der Waals surface area contributed by atoms with Gasteiger partial charge in [-0.05, 0) is 24.1 Å². The highest BCUT2D eigenvalue weighted by Crippen LogP contribution is 2.29. The van der Waals surface area contributed by atoms with Gasteiger partial charge in [-0.2, -0.15) is 0 Å². The van der Waals surface area contributed by atoms with Crippen LogP contribution in [0.15, 0.2) is 12.1 Å². The zero-order chi connectivity index (χ0) is 10.0. The third-order valence-electron chi connectivity index (χ3n) is 2.12. The molecule has 0 radical (unpaired) electrons. The van der Waals surface area contributed by atoms with Crippen molar-refractivity contribution in [3.63, 3.8) is 0 Å². The molecule has 0 aliphatic carbocycles. The first-order valence-electron chi connectivity index (χ1n) is 4.13. The highest BCUT2D eigenvalue weighted by atomic mass is 35.5. The predicted molar refractivity (Wildman–Crippen MR) is 51.6 cm³/mol. The SMILES string of the molecule is Cc1ccc(F)c(Cl)c1C(C)CO. The fraction of sp³-hybridized carbons (Fsp3) is 0.400. The zero-order valence-corrected chi connectivity index (χ0v) is 8.40. The molecule has 72 valence electrons. The minimum absolute atomic E-state index is 0.0238. The monoisotopic (exact) mass is 202 g/mol. The molecule has 0 bridgehead atoms. The topological polar surface area (TPSA) is 20.2 Å². The third kappa shape index (κ3) is 2.01. The van der Waals surface area contributed by atoms with Crippen LogP contribution in [0.5, 0.6) is 0 Å². The average Bonchev–Trinajstić information content (AvgIpc) is 2.12. The van der Waals surface area contributed by atoms with Gasteiger partial charge in [0.15, 0.2) is 0 Å². The van der Waals surface area contributed by atoms with E-state index in [2.05, 4.69) is 0 Å². The molecule has 1 aromatic carbocycles. The van der Waals surface area contributed by atoms with Crippen LogP contribution in [0.1, 0.15) is 24.0 Å².